The molecule has 0 fully saturated rings. The molecule has 0 saturated heterocycles. The Morgan fingerprint density at radius 2 is 1.94 bits per heavy atom. The first-order valence-electron chi connectivity index (χ1n) is 10.1. The van der Waals surface area contributed by atoms with Crippen molar-refractivity contribution in [3.05, 3.63) is 66.0 Å². The monoisotopic (exact) mass is 470 g/mol. The third-order valence-corrected chi connectivity index (χ3v) is 6.17. The van der Waals surface area contributed by atoms with Crippen LogP contribution in [-0.4, -0.2) is 59.6 Å². The summed E-state index contributed by atoms with van der Waals surface area (Å²) in [5.41, 5.74) is 1.44. The molecule has 1 unspecified atom stereocenters. The van der Waals surface area contributed by atoms with Crippen LogP contribution in [0.1, 0.15) is 15.9 Å². The van der Waals surface area contributed by atoms with Gasteiger partial charge in [-0.3, -0.25) is 9.00 Å². The molecule has 0 radical (unpaired) electrons. The van der Waals surface area contributed by atoms with E-state index in [4.69, 9.17) is 14.6 Å². The highest BCUT2D eigenvalue weighted by Gasteiger charge is 2.19. The van der Waals surface area contributed by atoms with Gasteiger partial charge in [0.15, 0.2) is 0 Å². The van der Waals surface area contributed by atoms with Gasteiger partial charge in [-0.05, 0) is 24.3 Å². The number of carbonyl (C=O) groups excluding carboxylic acids is 1. The van der Waals surface area contributed by atoms with Crippen LogP contribution >= 0.6 is 0 Å². The van der Waals surface area contributed by atoms with Crippen LogP contribution in [0.15, 0.2) is 59.9 Å². The lowest BCUT2D eigenvalue weighted by atomic mass is 10.2. The van der Waals surface area contributed by atoms with E-state index in [9.17, 15) is 9.00 Å². The molecule has 1 amide bonds. The van der Waals surface area contributed by atoms with Gasteiger partial charge in [-0.25, -0.2) is 9.97 Å². The average molecular weight is 471 g/mol. The van der Waals surface area contributed by atoms with Crippen LogP contribution in [0.4, 0.5) is 11.5 Å². The molecular formula is C23H26N4O5S. The number of aliphatic hydroxyl groups excluding tert-OH is 1. The van der Waals surface area contributed by atoms with Crippen molar-refractivity contribution in [2.24, 2.45) is 0 Å². The maximum absolute atomic E-state index is 13.2. The third kappa shape index (κ3) is 6.05. The fourth-order valence-corrected chi connectivity index (χ4v) is 4.34. The highest BCUT2D eigenvalue weighted by atomic mass is 32.2. The van der Waals surface area contributed by atoms with Crippen LogP contribution in [-0.2, 0) is 16.6 Å². The van der Waals surface area contributed by atoms with E-state index in [-0.39, 0.29) is 22.9 Å². The van der Waals surface area contributed by atoms with Crippen molar-refractivity contribution in [3.8, 4) is 11.5 Å². The molecule has 174 valence electrons. The summed E-state index contributed by atoms with van der Waals surface area (Å²) < 4.78 is 23.8. The Balaban J connectivity index is 1.81. The molecule has 33 heavy (non-hydrogen) atoms. The van der Waals surface area contributed by atoms with Crippen LogP contribution in [0.3, 0.4) is 0 Å². The minimum absolute atomic E-state index is 0.0153. The fraction of sp³-hybridized carbons (Fsp3) is 0.261. The molecule has 9 nitrogen and oxygen atoms in total. The molecule has 0 aliphatic heterocycles. The Hall–Kier alpha value is -3.50. The summed E-state index contributed by atoms with van der Waals surface area (Å²) in [4.78, 5) is 23.2. The maximum atomic E-state index is 13.2. The molecule has 10 heteroatoms. The summed E-state index contributed by atoms with van der Waals surface area (Å²) in [6.45, 7) is 0.392. The smallest absolute Gasteiger partial charge is 0.258 e. The number of aromatic nitrogens is 2. The number of rotatable bonds is 10. The standard InChI is InChI=1S/C23H26N4O5S/c1-27(11-12-28)21-13-17(8-10-24-21)26-22(29)19-5-4-9-25-23(19)33(30)15-16-6-7-18(31-2)14-20(16)32-3/h4-10,13-14,28H,11-12,15H2,1-3H3,(H,24,26,29). The normalized spacial score (nSPS) is 11.5. The zero-order valence-corrected chi connectivity index (χ0v) is 19.5. The molecule has 0 aliphatic carbocycles. The maximum Gasteiger partial charge on any atom is 0.258 e. The van der Waals surface area contributed by atoms with E-state index in [1.807, 2.05) is 0 Å². The Morgan fingerprint density at radius 3 is 2.67 bits per heavy atom. The van der Waals surface area contributed by atoms with Gasteiger partial charge < -0.3 is 24.8 Å². The van der Waals surface area contributed by atoms with Crippen molar-refractivity contribution >= 4 is 28.2 Å². The van der Waals surface area contributed by atoms with Gasteiger partial charge in [-0.15, -0.1) is 0 Å². The van der Waals surface area contributed by atoms with Gasteiger partial charge in [0.1, 0.15) is 22.3 Å². The first-order chi connectivity index (χ1) is 16.0. The van der Waals surface area contributed by atoms with E-state index in [1.54, 1.807) is 67.7 Å². The fourth-order valence-electron chi connectivity index (χ4n) is 3.09. The van der Waals surface area contributed by atoms with Gasteiger partial charge in [-0.2, -0.15) is 0 Å². The van der Waals surface area contributed by atoms with Gasteiger partial charge >= 0.3 is 0 Å². The van der Waals surface area contributed by atoms with E-state index in [0.29, 0.717) is 35.1 Å². The quantitative estimate of drug-likeness (QED) is 0.465. The molecule has 2 N–H and O–H groups in total. The summed E-state index contributed by atoms with van der Waals surface area (Å²) in [5.74, 6) is 1.45. The summed E-state index contributed by atoms with van der Waals surface area (Å²) in [6, 6.07) is 11.8. The highest BCUT2D eigenvalue weighted by Crippen LogP contribution is 2.27. The van der Waals surface area contributed by atoms with Gasteiger partial charge in [0.25, 0.3) is 5.91 Å². The Morgan fingerprint density at radius 1 is 1.12 bits per heavy atom. The van der Waals surface area contributed by atoms with Crippen molar-refractivity contribution < 1.29 is 23.6 Å². The van der Waals surface area contributed by atoms with Crippen molar-refractivity contribution in [1.29, 1.82) is 0 Å². The third-order valence-electron chi connectivity index (χ3n) is 4.84. The van der Waals surface area contributed by atoms with E-state index >= 15 is 0 Å². The molecule has 2 heterocycles. The predicted octanol–water partition coefficient (Wildman–Crippen LogP) is 2.48. The number of benzene rings is 1. The van der Waals surface area contributed by atoms with E-state index in [2.05, 4.69) is 15.3 Å². The van der Waals surface area contributed by atoms with Crippen molar-refractivity contribution in [2.45, 2.75) is 10.8 Å². The van der Waals surface area contributed by atoms with Crippen LogP contribution in [0.5, 0.6) is 11.5 Å². The molecule has 0 saturated carbocycles. The molecule has 1 atom stereocenters. The number of hydrogen-bond acceptors (Lipinski definition) is 8. The number of nitrogens with zero attached hydrogens (tertiary/aromatic N) is 3. The molecule has 2 aromatic heterocycles. The van der Waals surface area contributed by atoms with E-state index < -0.39 is 16.7 Å². The minimum atomic E-state index is -1.60. The van der Waals surface area contributed by atoms with Gasteiger partial charge in [0, 0.05) is 49.4 Å². The molecule has 3 aromatic rings. The van der Waals surface area contributed by atoms with Crippen molar-refractivity contribution in [1.82, 2.24) is 9.97 Å². The Bertz CT molecular complexity index is 1140. The predicted molar refractivity (Wildman–Crippen MR) is 126 cm³/mol. The molecular weight excluding hydrogens is 444 g/mol. The Kier molecular flexibility index (Phi) is 8.34. The topological polar surface area (TPSA) is 114 Å². The van der Waals surface area contributed by atoms with Gasteiger partial charge in [0.05, 0.1) is 42.9 Å². The number of likely N-dealkylation sites (N-methyl/N-ethyl adjacent to an activating group) is 1. The number of ether oxygens (including phenoxy) is 2. The second-order valence-electron chi connectivity index (χ2n) is 7.03. The van der Waals surface area contributed by atoms with E-state index in [0.717, 1.165) is 0 Å². The number of nitrogens with one attached hydrogen (secondary N) is 1. The largest absolute Gasteiger partial charge is 0.497 e. The lowest BCUT2D eigenvalue weighted by Gasteiger charge is -2.17. The first kappa shape index (κ1) is 24.1. The summed E-state index contributed by atoms with van der Waals surface area (Å²) >= 11 is 0. The summed E-state index contributed by atoms with van der Waals surface area (Å²) in [7, 11) is 3.28. The lowest BCUT2D eigenvalue weighted by Crippen LogP contribution is -2.22. The van der Waals surface area contributed by atoms with E-state index in [1.165, 1.54) is 13.3 Å². The van der Waals surface area contributed by atoms with Crippen LogP contribution in [0.25, 0.3) is 0 Å². The Labute approximate surface area is 194 Å². The van der Waals surface area contributed by atoms with Gasteiger partial charge in [0.2, 0.25) is 0 Å². The van der Waals surface area contributed by atoms with Crippen LogP contribution in [0, 0.1) is 0 Å². The lowest BCUT2D eigenvalue weighted by molar-refractivity contribution is 0.102. The molecule has 0 spiro atoms. The highest BCUT2D eigenvalue weighted by molar-refractivity contribution is 7.84. The van der Waals surface area contributed by atoms with Crippen molar-refractivity contribution in [2.75, 3.05) is 44.6 Å². The molecule has 3 rings (SSSR count). The number of methoxy groups -OCH3 is 2. The van der Waals surface area contributed by atoms with Crippen LogP contribution < -0.4 is 19.7 Å². The molecule has 0 aliphatic rings. The molecule has 0 bridgehead atoms. The number of pyridine rings is 2. The number of aliphatic hydroxyl groups is 1. The molecule has 1 aromatic carbocycles. The van der Waals surface area contributed by atoms with Crippen LogP contribution in [0.2, 0.25) is 0 Å². The SMILES string of the molecule is COc1ccc(CS(=O)c2ncccc2C(=O)Nc2ccnc(N(C)CCO)c2)c(OC)c1. The first-order valence-corrected chi connectivity index (χ1v) is 11.4. The van der Waals surface area contributed by atoms with Crippen molar-refractivity contribution in [3.63, 3.8) is 0 Å². The number of carbonyl (C=O) groups is 1. The zero-order valence-electron chi connectivity index (χ0n) is 18.6. The summed E-state index contributed by atoms with van der Waals surface area (Å²) in [5, 5.41) is 12.1. The second-order valence-corrected chi connectivity index (χ2v) is 8.39. The van der Waals surface area contributed by atoms with Gasteiger partial charge in [-0.1, -0.05) is 6.07 Å². The summed E-state index contributed by atoms with van der Waals surface area (Å²) in [6.07, 6.45) is 3.07. The minimum Gasteiger partial charge on any atom is -0.497 e. The number of amides is 1. The second kappa shape index (κ2) is 11.4. The average Bonchev–Trinajstić information content (AvgIpc) is 2.84. The zero-order chi connectivity index (χ0) is 23.8. The number of hydrogen-bond donors (Lipinski definition) is 2. The number of anilines is 2.